The summed E-state index contributed by atoms with van der Waals surface area (Å²) in [5.74, 6) is 7.65. The first-order chi connectivity index (χ1) is 18.4. The van der Waals surface area contributed by atoms with E-state index in [2.05, 4.69) is 141 Å². The van der Waals surface area contributed by atoms with E-state index in [1.165, 1.54) is 62.6 Å². The molecule has 0 fully saturated rings. The second-order valence-corrected chi connectivity index (χ2v) is 27.2. The molecule has 4 heteroatoms. The molecule has 2 aromatic heterocycles. The van der Waals surface area contributed by atoms with Gasteiger partial charge in [0, 0.05) is 41.1 Å². The second-order valence-electron chi connectivity index (χ2n) is 14.6. The van der Waals surface area contributed by atoms with Crippen molar-refractivity contribution in [2.45, 2.75) is 91.7 Å². The maximum absolute atomic E-state index is 3.87. The molecule has 0 saturated heterocycles. The van der Waals surface area contributed by atoms with Crippen LogP contribution in [0.3, 0.4) is 0 Å². The molecular weight excluding hydrogens is 553 g/mol. The predicted octanol–water partition coefficient (Wildman–Crippen LogP) is 11.8. The van der Waals surface area contributed by atoms with Crippen molar-refractivity contribution >= 4 is 80.5 Å². The highest BCUT2D eigenvalue weighted by Gasteiger charge is 2.34. The minimum atomic E-state index is -1.82. The number of hydrogen-bond acceptors (Lipinski definition) is 2. The molecule has 5 rings (SSSR count). The highest BCUT2D eigenvalue weighted by atomic mass is 32.1. The molecule has 0 saturated carbocycles. The Hall–Kier alpha value is -2.35. The SMILES string of the molecule is Cc1cc2cc3c(C#C[Si](C)(C)C(C)(C)C)c4cc5sc(C)cc5cc4c(C#C[Si](C)(C)C(C)(C)C)c3cc2s1. The van der Waals surface area contributed by atoms with Crippen molar-refractivity contribution in [3.8, 4) is 22.9 Å². The van der Waals surface area contributed by atoms with Gasteiger partial charge in [-0.3, -0.25) is 0 Å². The summed E-state index contributed by atoms with van der Waals surface area (Å²) in [5, 5.41) is 8.01. The average Bonchev–Trinajstić information content (AvgIpc) is 3.36. The molecular formula is C36H42S2Si2. The van der Waals surface area contributed by atoms with Gasteiger partial charge in [-0.15, -0.1) is 33.8 Å². The minimum absolute atomic E-state index is 0.204. The fourth-order valence-corrected chi connectivity index (χ4v) is 8.15. The lowest BCUT2D eigenvalue weighted by Gasteiger charge is -2.31. The molecule has 206 valence electrons. The summed E-state index contributed by atoms with van der Waals surface area (Å²) in [7, 11) is -3.63. The lowest BCUT2D eigenvalue weighted by molar-refractivity contribution is 0.730. The van der Waals surface area contributed by atoms with E-state index in [4.69, 9.17) is 0 Å². The number of rotatable bonds is 0. The Balaban J connectivity index is 1.99. The van der Waals surface area contributed by atoms with Crippen LogP contribution in [0.15, 0.2) is 36.4 Å². The first kappa shape index (κ1) is 29.2. The van der Waals surface area contributed by atoms with Crippen LogP contribution < -0.4 is 0 Å². The zero-order valence-corrected chi connectivity index (χ0v) is 29.9. The maximum Gasteiger partial charge on any atom is 0.138 e. The summed E-state index contributed by atoms with van der Waals surface area (Å²) in [5.41, 5.74) is 10.1. The zero-order chi connectivity index (χ0) is 29.4. The molecule has 0 amide bonds. The smallest absolute Gasteiger partial charge is 0.138 e. The molecule has 0 nitrogen and oxygen atoms in total. The second kappa shape index (κ2) is 9.60. The topological polar surface area (TPSA) is 0 Å². The summed E-state index contributed by atoms with van der Waals surface area (Å²) >= 11 is 3.75. The normalized spacial score (nSPS) is 13.1. The Morgan fingerprint density at radius 2 is 0.850 bits per heavy atom. The molecule has 0 bridgehead atoms. The standard InChI is InChI=1S/C36H42S2Si2/c1-23-17-25-19-29-27(13-15-39(9,10)35(3,4)5)32-22-34-26(18-24(2)38-34)20-30(32)28(31(29)21-33(25)37-23)14-16-40(11,12)36(6,7)8/h17-22H,1-12H3. The summed E-state index contributed by atoms with van der Waals surface area (Å²) < 4.78 is 2.66. The molecule has 0 aliphatic carbocycles. The van der Waals surface area contributed by atoms with Crippen LogP contribution >= 0.6 is 22.7 Å². The van der Waals surface area contributed by atoms with E-state index >= 15 is 0 Å². The highest BCUT2D eigenvalue weighted by Crippen LogP contribution is 2.41. The fraction of sp³-hybridized carbons (Fsp3) is 0.389. The van der Waals surface area contributed by atoms with Crippen LogP contribution in [0.4, 0.5) is 0 Å². The molecule has 3 aromatic carbocycles. The van der Waals surface area contributed by atoms with Gasteiger partial charge in [0.1, 0.15) is 16.1 Å². The van der Waals surface area contributed by atoms with Crippen LogP contribution in [0.1, 0.15) is 62.4 Å². The summed E-state index contributed by atoms with van der Waals surface area (Å²) in [4.78, 5) is 2.68. The van der Waals surface area contributed by atoms with E-state index in [1.807, 2.05) is 22.7 Å². The van der Waals surface area contributed by atoms with E-state index in [0.717, 1.165) is 0 Å². The van der Waals surface area contributed by atoms with Crippen molar-refractivity contribution in [1.82, 2.24) is 0 Å². The van der Waals surface area contributed by atoms with E-state index < -0.39 is 16.1 Å². The molecule has 2 heterocycles. The minimum Gasteiger partial charge on any atom is -0.141 e. The summed E-state index contributed by atoms with van der Waals surface area (Å²) in [6, 6.07) is 14.2. The number of hydrogen-bond donors (Lipinski definition) is 0. The molecule has 0 radical (unpaired) electrons. The maximum atomic E-state index is 3.87. The van der Waals surface area contributed by atoms with Crippen molar-refractivity contribution in [3.05, 3.63) is 57.3 Å². The largest absolute Gasteiger partial charge is 0.141 e. The molecule has 5 aromatic rings. The number of fused-ring (bicyclic) bond motifs is 4. The van der Waals surface area contributed by atoms with E-state index in [9.17, 15) is 0 Å². The van der Waals surface area contributed by atoms with Crippen LogP contribution in [0.25, 0.3) is 41.7 Å². The van der Waals surface area contributed by atoms with Gasteiger partial charge in [-0.25, -0.2) is 0 Å². The molecule has 0 N–H and O–H groups in total. The average molecular weight is 595 g/mol. The van der Waals surface area contributed by atoms with Crippen molar-refractivity contribution in [2.75, 3.05) is 0 Å². The van der Waals surface area contributed by atoms with Gasteiger partial charge in [-0.05, 0) is 81.9 Å². The zero-order valence-electron chi connectivity index (χ0n) is 26.3. The van der Waals surface area contributed by atoms with Gasteiger partial charge in [0.05, 0.1) is 0 Å². The van der Waals surface area contributed by atoms with Gasteiger partial charge < -0.3 is 0 Å². The van der Waals surface area contributed by atoms with Crippen LogP contribution in [-0.4, -0.2) is 16.1 Å². The Morgan fingerprint density at radius 1 is 0.525 bits per heavy atom. The Morgan fingerprint density at radius 3 is 1.18 bits per heavy atom. The van der Waals surface area contributed by atoms with Crippen LogP contribution in [0.5, 0.6) is 0 Å². The third kappa shape index (κ3) is 5.10. The number of benzene rings is 3. The van der Waals surface area contributed by atoms with Gasteiger partial charge in [0.2, 0.25) is 0 Å². The third-order valence-electron chi connectivity index (χ3n) is 9.39. The molecule has 0 atom stereocenters. The monoisotopic (exact) mass is 594 g/mol. The van der Waals surface area contributed by atoms with Crippen LogP contribution in [0.2, 0.25) is 36.3 Å². The first-order valence-electron chi connectivity index (χ1n) is 14.3. The number of thiophene rings is 2. The van der Waals surface area contributed by atoms with Crippen molar-refractivity contribution in [1.29, 1.82) is 0 Å². The van der Waals surface area contributed by atoms with Crippen molar-refractivity contribution in [2.24, 2.45) is 0 Å². The fourth-order valence-electron chi connectivity index (χ4n) is 4.64. The van der Waals surface area contributed by atoms with Gasteiger partial charge in [-0.2, -0.15) is 0 Å². The molecule has 0 unspecified atom stereocenters. The van der Waals surface area contributed by atoms with E-state index in [-0.39, 0.29) is 10.1 Å². The van der Waals surface area contributed by atoms with Crippen molar-refractivity contribution < 1.29 is 0 Å². The Labute approximate surface area is 251 Å². The first-order valence-corrected chi connectivity index (χ1v) is 21.9. The Kier molecular flexibility index (Phi) is 7.00. The van der Waals surface area contributed by atoms with Crippen LogP contribution in [0, 0.1) is 36.8 Å². The Bertz CT molecular complexity index is 1710. The number of aryl methyl sites for hydroxylation is 2. The van der Waals surface area contributed by atoms with E-state index in [0.29, 0.717) is 0 Å². The van der Waals surface area contributed by atoms with E-state index in [1.54, 1.807) is 0 Å². The molecule has 0 spiro atoms. The molecule has 0 aliphatic heterocycles. The summed E-state index contributed by atoms with van der Waals surface area (Å²) in [6.07, 6.45) is 0. The van der Waals surface area contributed by atoms with Crippen molar-refractivity contribution in [3.63, 3.8) is 0 Å². The third-order valence-corrected chi connectivity index (χ3v) is 20.4. The lowest BCUT2D eigenvalue weighted by atomic mass is 9.91. The van der Waals surface area contributed by atoms with Gasteiger partial charge >= 0.3 is 0 Å². The predicted molar refractivity (Wildman–Crippen MR) is 190 cm³/mol. The quantitative estimate of drug-likeness (QED) is 0.0950. The lowest BCUT2D eigenvalue weighted by Crippen LogP contribution is -2.35. The van der Waals surface area contributed by atoms with Gasteiger partial charge in [0.25, 0.3) is 0 Å². The van der Waals surface area contributed by atoms with Gasteiger partial charge in [-0.1, -0.05) is 79.6 Å². The highest BCUT2D eigenvalue weighted by molar-refractivity contribution is 7.19. The van der Waals surface area contributed by atoms with Gasteiger partial charge in [0.15, 0.2) is 0 Å². The molecule has 0 aliphatic rings. The molecule has 40 heavy (non-hydrogen) atoms. The van der Waals surface area contributed by atoms with Crippen LogP contribution in [-0.2, 0) is 0 Å². The summed E-state index contributed by atoms with van der Waals surface area (Å²) in [6.45, 7) is 28.1.